The van der Waals surface area contributed by atoms with E-state index in [1.165, 1.54) is 4.90 Å². The standard InChI is InChI=1S/C23H27N3O4S/c1-17-6-5-7-19(14-17)24-22(27)16-26-21-10-9-20(15-18(21)8-11-23(26)28)31(29,30)25-12-3-2-4-13-25/h5-7,9-10,14-15H,2-4,8,11-13,16H2,1H3,(H,24,27). The van der Waals surface area contributed by atoms with Gasteiger partial charge in [-0.05, 0) is 67.6 Å². The Bertz CT molecular complexity index is 1110. The first-order chi connectivity index (χ1) is 14.8. The molecule has 2 aromatic rings. The van der Waals surface area contributed by atoms with E-state index in [9.17, 15) is 18.0 Å². The van der Waals surface area contributed by atoms with Crippen molar-refractivity contribution in [3.8, 4) is 0 Å². The van der Waals surface area contributed by atoms with E-state index >= 15 is 0 Å². The smallest absolute Gasteiger partial charge is 0.244 e. The van der Waals surface area contributed by atoms with Crippen molar-refractivity contribution >= 4 is 33.2 Å². The van der Waals surface area contributed by atoms with Crippen molar-refractivity contribution in [1.82, 2.24) is 4.31 Å². The second-order valence-corrected chi connectivity index (χ2v) is 10.1. The van der Waals surface area contributed by atoms with Crippen LogP contribution in [0.5, 0.6) is 0 Å². The molecule has 0 bridgehead atoms. The number of amides is 2. The van der Waals surface area contributed by atoms with Crippen molar-refractivity contribution in [1.29, 1.82) is 0 Å². The summed E-state index contributed by atoms with van der Waals surface area (Å²) in [7, 11) is -3.54. The lowest BCUT2D eigenvalue weighted by atomic mass is 10.0. The van der Waals surface area contributed by atoms with E-state index in [4.69, 9.17) is 0 Å². The van der Waals surface area contributed by atoms with Gasteiger partial charge in [0.1, 0.15) is 6.54 Å². The van der Waals surface area contributed by atoms with Gasteiger partial charge in [0.15, 0.2) is 0 Å². The topological polar surface area (TPSA) is 86.8 Å². The van der Waals surface area contributed by atoms with Crippen LogP contribution in [0.1, 0.15) is 36.8 Å². The molecular weight excluding hydrogens is 414 g/mol. The summed E-state index contributed by atoms with van der Waals surface area (Å²) >= 11 is 0. The number of rotatable bonds is 5. The van der Waals surface area contributed by atoms with Gasteiger partial charge >= 0.3 is 0 Å². The number of benzene rings is 2. The number of piperidine rings is 1. The van der Waals surface area contributed by atoms with E-state index in [-0.39, 0.29) is 29.7 Å². The first-order valence-electron chi connectivity index (χ1n) is 10.6. The maximum Gasteiger partial charge on any atom is 0.244 e. The summed E-state index contributed by atoms with van der Waals surface area (Å²) in [6, 6.07) is 12.3. The molecule has 0 radical (unpaired) electrons. The molecule has 7 nitrogen and oxygen atoms in total. The normalized spacial score (nSPS) is 17.3. The number of nitrogens with one attached hydrogen (secondary N) is 1. The molecule has 0 unspecified atom stereocenters. The van der Waals surface area contributed by atoms with Crippen LogP contribution >= 0.6 is 0 Å². The fourth-order valence-electron chi connectivity index (χ4n) is 4.19. The van der Waals surface area contributed by atoms with Crippen molar-refractivity contribution in [2.24, 2.45) is 0 Å². The molecule has 2 aromatic carbocycles. The summed E-state index contributed by atoms with van der Waals surface area (Å²) < 4.78 is 27.6. The van der Waals surface area contributed by atoms with E-state index in [0.717, 1.165) is 30.4 Å². The molecule has 2 amide bonds. The number of aryl methyl sites for hydroxylation is 2. The largest absolute Gasteiger partial charge is 0.325 e. The van der Waals surface area contributed by atoms with Gasteiger partial charge in [0.2, 0.25) is 21.8 Å². The molecule has 2 aliphatic heterocycles. The minimum Gasteiger partial charge on any atom is -0.325 e. The zero-order valence-corrected chi connectivity index (χ0v) is 18.5. The van der Waals surface area contributed by atoms with Crippen LogP contribution in [0.25, 0.3) is 0 Å². The highest BCUT2D eigenvalue weighted by molar-refractivity contribution is 7.89. The van der Waals surface area contributed by atoms with Crippen molar-refractivity contribution in [3.63, 3.8) is 0 Å². The molecule has 0 aromatic heterocycles. The van der Waals surface area contributed by atoms with Gasteiger partial charge in [-0.3, -0.25) is 9.59 Å². The highest BCUT2D eigenvalue weighted by Gasteiger charge is 2.30. The van der Waals surface area contributed by atoms with Crippen LogP contribution < -0.4 is 10.2 Å². The van der Waals surface area contributed by atoms with E-state index < -0.39 is 10.0 Å². The Labute approximate surface area is 183 Å². The Morgan fingerprint density at radius 1 is 1.03 bits per heavy atom. The molecule has 0 saturated carbocycles. The summed E-state index contributed by atoms with van der Waals surface area (Å²) in [4.78, 5) is 26.8. The lowest BCUT2D eigenvalue weighted by molar-refractivity contribution is -0.121. The molecule has 1 saturated heterocycles. The van der Waals surface area contributed by atoms with Gasteiger partial charge in [-0.25, -0.2) is 8.42 Å². The summed E-state index contributed by atoms with van der Waals surface area (Å²) in [5.74, 6) is -0.435. The van der Waals surface area contributed by atoms with Crippen molar-refractivity contribution in [2.45, 2.75) is 43.9 Å². The average molecular weight is 442 g/mol. The quantitative estimate of drug-likeness (QED) is 0.773. The van der Waals surface area contributed by atoms with Gasteiger partial charge in [0.25, 0.3) is 0 Å². The monoisotopic (exact) mass is 441 g/mol. The highest BCUT2D eigenvalue weighted by Crippen LogP contribution is 2.31. The number of anilines is 2. The second-order valence-electron chi connectivity index (χ2n) is 8.15. The minimum absolute atomic E-state index is 0.113. The third kappa shape index (κ3) is 4.65. The van der Waals surface area contributed by atoms with Gasteiger partial charge in [-0.1, -0.05) is 18.6 Å². The molecule has 164 valence electrons. The second kappa shape index (κ2) is 8.80. The van der Waals surface area contributed by atoms with Gasteiger partial charge in [0, 0.05) is 30.9 Å². The number of hydrogen-bond acceptors (Lipinski definition) is 4. The highest BCUT2D eigenvalue weighted by atomic mass is 32.2. The first-order valence-corrected chi connectivity index (χ1v) is 12.1. The lowest BCUT2D eigenvalue weighted by Gasteiger charge is -2.30. The minimum atomic E-state index is -3.54. The van der Waals surface area contributed by atoms with Crippen molar-refractivity contribution < 1.29 is 18.0 Å². The summed E-state index contributed by atoms with van der Waals surface area (Å²) in [6.45, 7) is 2.92. The lowest BCUT2D eigenvalue weighted by Crippen LogP contribution is -2.41. The molecule has 1 N–H and O–H groups in total. The fourth-order valence-corrected chi connectivity index (χ4v) is 5.76. The molecule has 0 spiro atoms. The van der Waals surface area contributed by atoms with E-state index in [1.54, 1.807) is 28.6 Å². The van der Waals surface area contributed by atoms with Crippen LogP contribution in [-0.4, -0.2) is 44.2 Å². The molecular formula is C23H27N3O4S. The molecule has 1 fully saturated rings. The predicted octanol–water partition coefficient (Wildman–Crippen LogP) is 3.09. The van der Waals surface area contributed by atoms with E-state index in [2.05, 4.69) is 5.32 Å². The third-order valence-corrected chi connectivity index (χ3v) is 7.70. The molecule has 2 heterocycles. The van der Waals surface area contributed by atoms with E-state index in [1.807, 2.05) is 25.1 Å². The third-order valence-electron chi connectivity index (χ3n) is 5.81. The fraction of sp³-hybridized carbons (Fsp3) is 0.391. The van der Waals surface area contributed by atoms with Crippen LogP contribution in [0, 0.1) is 6.92 Å². The van der Waals surface area contributed by atoms with Gasteiger partial charge in [0.05, 0.1) is 4.90 Å². The Morgan fingerprint density at radius 2 is 1.81 bits per heavy atom. The van der Waals surface area contributed by atoms with Gasteiger partial charge in [-0.2, -0.15) is 4.31 Å². The molecule has 2 aliphatic rings. The summed E-state index contributed by atoms with van der Waals surface area (Å²) in [5.41, 5.74) is 3.09. The van der Waals surface area contributed by atoms with Crippen LogP contribution in [0.4, 0.5) is 11.4 Å². The van der Waals surface area contributed by atoms with E-state index in [0.29, 0.717) is 30.9 Å². The summed E-state index contributed by atoms with van der Waals surface area (Å²) in [5, 5.41) is 2.82. The SMILES string of the molecule is Cc1cccc(NC(=O)CN2C(=O)CCc3cc(S(=O)(=O)N4CCCCC4)ccc32)c1. The maximum atomic E-state index is 13.0. The zero-order valence-electron chi connectivity index (χ0n) is 17.6. The Hall–Kier alpha value is -2.71. The van der Waals surface area contributed by atoms with Crippen LogP contribution in [-0.2, 0) is 26.0 Å². The van der Waals surface area contributed by atoms with Gasteiger partial charge < -0.3 is 10.2 Å². The number of fused-ring (bicyclic) bond motifs is 1. The number of sulfonamides is 1. The Balaban J connectivity index is 1.54. The number of nitrogens with zero attached hydrogens (tertiary/aromatic N) is 2. The summed E-state index contributed by atoms with van der Waals surface area (Å²) in [6.07, 6.45) is 3.52. The predicted molar refractivity (Wildman–Crippen MR) is 120 cm³/mol. The molecule has 31 heavy (non-hydrogen) atoms. The average Bonchev–Trinajstić information content (AvgIpc) is 2.76. The van der Waals surface area contributed by atoms with Crippen molar-refractivity contribution in [2.75, 3.05) is 29.9 Å². The van der Waals surface area contributed by atoms with Crippen molar-refractivity contribution in [3.05, 3.63) is 53.6 Å². The zero-order chi connectivity index (χ0) is 22.0. The Kier molecular flexibility index (Phi) is 6.11. The molecule has 0 atom stereocenters. The molecule has 8 heteroatoms. The first kappa shape index (κ1) is 21.5. The van der Waals surface area contributed by atoms with Gasteiger partial charge in [-0.15, -0.1) is 0 Å². The number of hydrogen-bond donors (Lipinski definition) is 1. The number of carbonyl (C=O) groups is 2. The van der Waals surface area contributed by atoms with Crippen LogP contribution in [0.15, 0.2) is 47.4 Å². The van der Waals surface area contributed by atoms with Crippen LogP contribution in [0.2, 0.25) is 0 Å². The molecule has 0 aliphatic carbocycles. The number of carbonyl (C=O) groups excluding carboxylic acids is 2. The maximum absolute atomic E-state index is 13.0. The van der Waals surface area contributed by atoms with Crippen LogP contribution in [0.3, 0.4) is 0 Å². The molecule has 4 rings (SSSR count). The Morgan fingerprint density at radius 3 is 2.55 bits per heavy atom.